The third-order valence-electron chi connectivity index (χ3n) is 3.51. The van der Waals surface area contributed by atoms with Gasteiger partial charge in [-0.2, -0.15) is 5.10 Å². The fraction of sp³-hybridized carbons (Fsp3) is 0.467. The summed E-state index contributed by atoms with van der Waals surface area (Å²) in [6.45, 7) is 2.86. The van der Waals surface area contributed by atoms with Crippen molar-refractivity contribution < 1.29 is 0 Å². The van der Waals surface area contributed by atoms with Crippen molar-refractivity contribution in [2.75, 3.05) is 7.05 Å². The van der Waals surface area contributed by atoms with Crippen molar-refractivity contribution in [1.82, 2.24) is 15.1 Å². The van der Waals surface area contributed by atoms with Crippen molar-refractivity contribution >= 4 is 10.8 Å². The van der Waals surface area contributed by atoms with Gasteiger partial charge in [0.1, 0.15) is 0 Å². The highest BCUT2D eigenvalue weighted by molar-refractivity contribution is 5.80. The minimum Gasteiger partial charge on any atom is -0.317 e. The summed E-state index contributed by atoms with van der Waals surface area (Å²) in [6.07, 6.45) is 4.98. The van der Waals surface area contributed by atoms with Gasteiger partial charge in [0, 0.05) is 18.0 Å². The number of hydrogen-bond donors (Lipinski definition) is 1. The number of aromatic nitrogens is 2. The van der Waals surface area contributed by atoms with Crippen molar-refractivity contribution in [1.29, 1.82) is 0 Å². The lowest BCUT2D eigenvalue weighted by atomic mass is 10.1. The Balaban J connectivity index is 2.01. The van der Waals surface area contributed by atoms with E-state index in [1.165, 1.54) is 0 Å². The summed E-state index contributed by atoms with van der Waals surface area (Å²) in [7, 11) is 1.97. The standard InChI is InChI=1S/C15H21N3O/c1-12(16-2)7-5-6-10-18-15(19)14-9-4-3-8-13(14)11-17-18/h3-4,8-9,11-12,16H,5-7,10H2,1-2H3. The molecule has 1 atom stereocenters. The predicted molar refractivity (Wildman–Crippen MR) is 78.4 cm³/mol. The molecule has 0 aliphatic carbocycles. The van der Waals surface area contributed by atoms with Gasteiger partial charge in [-0.25, -0.2) is 4.68 Å². The Kier molecular flexibility index (Phi) is 4.68. The molecule has 0 saturated heterocycles. The number of benzene rings is 1. The van der Waals surface area contributed by atoms with Crippen molar-refractivity contribution in [2.24, 2.45) is 0 Å². The molecule has 1 unspecified atom stereocenters. The Morgan fingerprint density at radius 2 is 2.11 bits per heavy atom. The maximum atomic E-state index is 12.2. The van der Waals surface area contributed by atoms with Crippen LogP contribution in [0, 0.1) is 0 Å². The molecule has 0 amide bonds. The normalized spacial score (nSPS) is 12.7. The van der Waals surface area contributed by atoms with Crippen LogP contribution in [0.5, 0.6) is 0 Å². The summed E-state index contributed by atoms with van der Waals surface area (Å²) < 4.78 is 1.58. The third kappa shape index (κ3) is 3.41. The van der Waals surface area contributed by atoms with E-state index in [0.717, 1.165) is 30.0 Å². The third-order valence-corrected chi connectivity index (χ3v) is 3.51. The van der Waals surface area contributed by atoms with Crippen LogP contribution in [0.25, 0.3) is 10.8 Å². The fourth-order valence-corrected chi connectivity index (χ4v) is 2.14. The molecule has 0 spiro atoms. The van der Waals surface area contributed by atoms with Crippen LogP contribution in [0.2, 0.25) is 0 Å². The van der Waals surface area contributed by atoms with Gasteiger partial charge in [0.25, 0.3) is 5.56 Å². The van der Waals surface area contributed by atoms with E-state index in [1.807, 2.05) is 31.3 Å². The molecule has 1 heterocycles. The monoisotopic (exact) mass is 259 g/mol. The summed E-state index contributed by atoms with van der Waals surface area (Å²) in [6, 6.07) is 8.12. The molecule has 0 radical (unpaired) electrons. The van der Waals surface area contributed by atoms with E-state index >= 15 is 0 Å². The summed E-state index contributed by atoms with van der Waals surface area (Å²) in [5, 5.41) is 9.11. The molecule has 2 rings (SSSR count). The van der Waals surface area contributed by atoms with Gasteiger partial charge in [-0.05, 0) is 32.9 Å². The SMILES string of the molecule is CNC(C)CCCCn1ncc2ccccc2c1=O. The maximum Gasteiger partial charge on any atom is 0.274 e. The molecule has 1 N–H and O–H groups in total. The summed E-state index contributed by atoms with van der Waals surface area (Å²) in [5.41, 5.74) is 0.0137. The second kappa shape index (κ2) is 6.48. The first kappa shape index (κ1) is 13.7. The van der Waals surface area contributed by atoms with Gasteiger partial charge in [0.05, 0.1) is 11.6 Å². The van der Waals surface area contributed by atoms with Gasteiger partial charge in [-0.3, -0.25) is 4.79 Å². The van der Waals surface area contributed by atoms with E-state index in [-0.39, 0.29) is 5.56 Å². The first-order valence-electron chi connectivity index (χ1n) is 6.84. The first-order valence-corrected chi connectivity index (χ1v) is 6.84. The smallest absolute Gasteiger partial charge is 0.274 e. The van der Waals surface area contributed by atoms with Crippen LogP contribution in [0.1, 0.15) is 26.2 Å². The lowest BCUT2D eigenvalue weighted by Gasteiger charge is -2.10. The zero-order valence-corrected chi connectivity index (χ0v) is 11.6. The average Bonchev–Trinajstić information content (AvgIpc) is 2.45. The maximum absolute atomic E-state index is 12.2. The van der Waals surface area contributed by atoms with Crippen LogP contribution < -0.4 is 10.9 Å². The summed E-state index contributed by atoms with van der Waals surface area (Å²) >= 11 is 0. The minimum absolute atomic E-state index is 0.0137. The molecule has 0 aliphatic rings. The number of hydrogen-bond acceptors (Lipinski definition) is 3. The zero-order valence-electron chi connectivity index (χ0n) is 11.6. The molecule has 0 bridgehead atoms. The average molecular weight is 259 g/mol. The van der Waals surface area contributed by atoms with Crippen LogP contribution in [0.4, 0.5) is 0 Å². The highest BCUT2D eigenvalue weighted by Gasteiger charge is 2.03. The second-order valence-electron chi connectivity index (χ2n) is 4.95. The van der Waals surface area contributed by atoms with Gasteiger partial charge in [0.2, 0.25) is 0 Å². The van der Waals surface area contributed by atoms with Crippen LogP contribution in [0.15, 0.2) is 35.3 Å². The molecule has 0 saturated carbocycles. The molecule has 1 aromatic heterocycles. The van der Waals surface area contributed by atoms with E-state index < -0.39 is 0 Å². The molecule has 1 aromatic carbocycles. The van der Waals surface area contributed by atoms with Crippen molar-refractivity contribution in [3.05, 3.63) is 40.8 Å². The fourth-order valence-electron chi connectivity index (χ4n) is 2.14. The second-order valence-corrected chi connectivity index (χ2v) is 4.95. The number of rotatable bonds is 6. The molecular weight excluding hydrogens is 238 g/mol. The molecule has 4 nitrogen and oxygen atoms in total. The van der Waals surface area contributed by atoms with Gasteiger partial charge >= 0.3 is 0 Å². The predicted octanol–water partition coefficient (Wildman–Crippen LogP) is 2.17. The minimum atomic E-state index is 0.0137. The van der Waals surface area contributed by atoms with Gasteiger partial charge in [-0.1, -0.05) is 24.6 Å². The highest BCUT2D eigenvalue weighted by atomic mass is 16.1. The number of aryl methyl sites for hydroxylation is 1. The molecule has 2 aromatic rings. The zero-order chi connectivity index (χ0) is 13.7. The summed E-state index contributed by atoms with van der Waals surface area (Å²) in [5.74, 6) is 0. The van der Waals surface area contributed by atoms with Gasteiger partial charge in [-0.15, -0.1) is 0 Å². The van der Waals surface area contributed by atoms with Crippen LogP contribution in [-0.2, 0) is 6.54 Å². The Morgan fingerprint density at radius 3 is 2.89 bits per heavy atom. The number of nitrogens with zero attached hydrogens (tertiary/aromatic N) is 2. The van der Waals surface area contributed by atoms with Gasteiger partial charge in [0.15, 0.2) is 0 Å². The Morgan fingerprint density at radius 1 is 1.32 bits per heavy atom. The largest absolute Gasteiger partial charge is 0.317 e. The molecule has 4 heteroatoms. The molecule has 0 aliphatic heterocycles. The lowest BCUT2D eigenvalue weighted by molar-refractivity contribution is 0.481. The van der Waals surface area contributed by atoms with Crippen molar-refractivity contribution in [3.8, 4) is 0 Å². The van der Waals surface area contributed by atoms with E-state index in [2.05, 4.69) is 17.3 Å². The number of fused-ring (bicyclic) bond motifs is 1. The van der Waals surface area contributed by atoms with Crippen LogP contribution in [-0.4, -0.2) is 22.9 Å². The first-order chi connectivity index (χ1) is 9.22. The van der Waals surface area contributed by atoms with E-state index in [1.54, 1.807) is 10.9 Å². The Labute approximate surface area is 113 Å². The Hall–Kier alpha value is -1.68. The van der Waals surface area contributed by atoms with Crippen molar-refractivity contribution in [2.45, 2.75) is 38.8 Å². The molecule has 102 valence electrons. The summed E-state index contributed by atoms with van der Waals surface area (Å²) in [4.78, 5) is 12.2. The van der Waals surface area contributed by atoms with E-state index in [4.69, 9.17) is 0 Å². The van der Waals surface area contributed by atoms with Crippen molar-refractivity contribution in [3.63, 3.8) is 0 Å². The quantitative estimate of drug-likeness (QED) is 0.809. The lowest BCUT2D eigenvalue weighted by Crippen LogP contribution is -2.24. The molecule has 19 heavy (non-hydrogen) atoms. The van der Waals surface area contributed by atoms with E-state index in [9.17, 15) is 4.79 Å². The van der Waals surface area contributed by atoms with Crippen LogP contribution >= 0.6 is 0 Å². The topological polar surface area (TPSA) is 46.9 Å². The number of nitrogens with one attached hydrogen (secondary N) is 1. The van der Waals surface area contributed by atoms with Gasteiger partial charge < -0.3 is 5.32 Å². The molecule has 0 fully saturated rings. The Bertz CT molecular complexity index is 591. The van der Waals surface area contributed by atoms with E-state index in [0.29, 0.717) is 12.6 Å². The number of unbranched alkanes of at least 4 members (excludes halogenated alkanes) is 1. The van der Waals surface area contributed by atoms with Crippen LogP contribution in [0.3, 0.4) is 0 Å². The molecular formula is C15H21N3O. The highest BCUT2D eigenvalue weighted by Crippen LogP contribution is 2.07.